The van der Waals surface area contributed by atoms with E-state index >= 15 is 0 Å². The van der Waals surface area contributed by atoms with Gasteiger partial charge in [-0.3, -0.25) is 0 Å². The lowest BCUT2D eigenvalue weighted by atomic mass is 9.81. The summed E-state index contributed by atoms with van der Waals surface area (Å²) in [6, 6.07) is 6.37. The molecule has 1 aliphatic carbocycles. The molecule has 0 spiro atoms. The zero-order valence-corrected chi connectivity index (χ0v) is 18.7. The highest BCUT2D eigenvalue weighted by Gasteiger charge is 2.34. The van der Waals surface area contributed by atoms with Gasteiger partial charge >= 0.3 is 6.09 Å². The number of fused-ring (bicyclic) bond motifs is 2. The summed E-state index contributed by atoms with van der Waals surface area (Å²) in [5.41, 5.74) is 4.69. The summed E-state index contributed by atoms with van der Waals surface area (Å²) in [4.78, 5) is 14.4. The number of halogens is 1. The number of benzene rings is 1. The van der Waals surface area contributed by atoms with E-state index in [4.69, 9.17) is 14.6 Å². The molecule has 2 aliphatic rings. The number of carbonyl (C=O) groups excluding carboxylic acids is 1. The second-order valence-electron chi connectivity index (χ2n) is 9.13. The van der Waals surface area contributed by atoms with Crippen molar-refractivity contribution in [1.29, 1.82) is 0 Å². The number of hydrogen-bond donors (Lipinski definition) is 0. The van der Waals surface area contributed by atoms with Crippen molar-refractivity contribution in [2.75, 3.05) is 19.7 Å². The van der Waals surface area contributed by atoms with Crippen LogP contribution in [0.25, 0.3) is 11.8 Å². The first-order valence-electron chi connectivity index (χ1n) is 10.9. The number of likely N-dealkylation sites (tertiary alicyclic amines) is 1. The summed E-state index contributed by atoms with van der Waals surface area (Å²) in [6.07, 6.45) is 3.54. The van der Waals surface area contributed by atoms with Crippen LogP contribution in [0.1, 0.15) is 51.1 Å². The summed E-state index contributed by atoms with van der Waals surface area (Å²) in [5.74, 6) is -0.0349. The molecule has 1 unspecified atom stereocenters. The molecule has 0 N–H and O–H groups in total. The summed E-state index contributed by atoms with van der Waals surface area (Å²) < 4.78 is 26.6. The Morgan fingerprint density at radius 3 is 2.68 bits per heavy atom. The van der Waals surface area contributed by atoms with Crippen molar-refractivity contribution in [2.24, 2.45) is 5.92 Å². The third-order valence-corrected chi connectivity index (χ3v) is 5.68. The molecule has 7 heteroatoms. The fraction of sp³-hybridized carbons (Fsp3) is 0.500. The van der Waals surface area contributed by atoms with Crippen molar-refractivity contribution < 1.29 is 18.7 Å². The fourth-order valence-electron chi connectivity index (χ4n) is 4.22. The van der Waals surface area contributed by atoms with Crippen LogP contribution < -0.4 is 0 Å². The number of ether oxygens (including phenoxy) is 2. The highest BCUT2D eigenvalue weighted by molar-refractivity contribution is 5.69. The van der Waals surface area contributed by atoms with Crippen LogP contribution in [0.4, 0.5) is 9.18 Å². The Kier molecular flexibility index (Phi) is 5.88. The molecule has 1 saturated heterocycles. The van der Waals surface area contributed by atoms with Gasteiger partial charge in [0, 0.05) is 31.2 Å². The van der Waals surface area contributed by atoms with Crippen molar-refractivity contribution >= 4 is 12.2 Å². The summed E-state index contributed by atoms with van der Waals surface area (Å²) in [7, 11) is 0. The Morgan fingerprint density at radius 2 is 2.00 bits per heavy atom. The molecule has 31 heavy (non-hydrogen) atoms. The molecule has 0 radical (unpaired) electrons. The summed E-state index contributed by atoms with van der Waals surface area (Å²) in [6.45, 7) is 9.93. The molecule has 2 aromatic rings. The third kappa shape index (κ3) is 4.66. The molecule has 2 heterocycles. The largest absolute Gasteiger partial charge is 0.444 e. The Labute approximate surface area is 182 Å². The first kappa shape index (κ1) is 21.6. The number of hydrogen-bond acceptors (Lipinski definition) is 4. The molecule has 0 bridgehead atoms. The Morgan fingerprint density at radius 1 is 1.26 bits per heavy atom. The van der Waals surface area contributed by atoms with E-state index in [1.165, 1.54) is 17.7 Å². The quantitative estimate of drug-likeness (QED) is 0.707. The maximum Gasteiger partial charge on any atom is 0.410 e. The van der Waals surface area contributed by atoms with E-state index in [1.54, 1.807) is 12.1 Å². The van der Waals surface area contributed by atoms with Gasteiger partial charge in [-0.05, 0) is 70.9 Å². The lowest BCUT2D eigenvalue weighted by Gasteiger charge is -2.37. The van der Waals surface area contributed by atoms with E-state index in [1.807, 2.05) is 37.3 Å². The summed E-state index contributed by atoms with van der Waals surface area (Å²) >= 11 is 0. The molecule has 1 aliphatic heterocycles. The standard InChI is InChI=1S/C24H30FN3O3/c1-5-30-15-21-20-12-17-14-27(23(29)31-24(2,3)4)11-10-16(17)13-22(20)28(26-21)19-8-6-18(25)7-9-19/h6-9,13,17H,5,10-12,14-15H2,1-4H3. The second-order valence-corrected chi connectivity index (χ2v) is 9.13. The number of aromatic nitrogens is 2. The van der Waals surface area contributed by atoms with Gasteiger partial charge in [-0.2, -0.15) is 5.10 Å². The number of amides is 1. The SMILES string of the molecule is CCOCc1nn(-c2ccc(F)cc2)c2c1CC1CN(C(=O)OC(C)(C)C)CCC1=C2. The van der Waals surface area contributed by atoms with Gasteiger partial charge in [-0.1, -0.05) is 5.57 Å². The van der Waals surface area contributed by atoms with Crippen molar-refractivity contribution in [3.8, 4) is 5.69 Å². The van der Waals surface area contributed by atoms with Crippen LogP contribution in [0.15, 0.2) is 29.8 Å². The maximum atomic E-state index is 13.4. The number of piperidine rings is 1. The molecule has 1 fully saturated rings. The van der Waals surface area contributed by atoms with Gasteiger partial charge in [0.15, 0.2) is 0 Å². The van der Waals surface area contributed by atoms with Gasteiger partial charge in [0.1, 0.15) is 11.4 Å². The predicted molar refractivity (Wildman–Crippen MR) is 116 cm³/mol. The van der Waals surface area contributed by atoms with E-state index in [-0.39, 0.29) is 17.8 Å². The maximum absolute atomic E-state index is 13.4. The van der Waals surface area contributed by atoms with Gasteiger partial charge in [0.05, 0.1) is 23.7 Å². The second kappa shape index (κ2) is 8.46. The van der Waals surface area contributed by atoms with Crippen molar-refractivity contribution in [1.82, 2.24) is 14.7 Å². The molecule has 1 atom stereocenters. The average molecular weight is 428 g/mol. The highest BCUT2D eigenvalue weighted by atomic mass is 19.1. The van der Waals surface area contributed by atoms with Gasteiger partial charge in [-0.15, -0.1) is 0 Å². The van der Waals surface area contributed by atoms with Crippen molar-refractivity contribution in [2.45, 2.75) is 52.7 Å². The molecular formula is C24H30FN3O3. The van der Waals surface area contributed by atoms with Gasteiger partial charge in [0.25, 0.3) is 0 Å². The van der Waals surface area contributed by atoms with Gasteiger partial charge < -0.3 is 14.4 Å². The van der Waals surface area contributed by atoms with Crippen LogP contribution >= 0.6 is 0 Å². The third-order valence-electron chi connectivity index (χ3n) is 5.68. The normalized spacial score (nSPS) is 18.3. The Bertz CT molecular complexity index is 989. The van der Waals surface area contributed by atoms with Gasteiger partial charge in [-0.25, -0.2) is 13.9 Å². The minimum Gasteiger partial charge on any atom is -0.444 e. The fourth-order valence-corrected chi connectivity index (χ4v) is 4.22. The van der Waals surface area contributed by atoms with Crippen molar-refractivity contribution in [3.63, 3.8) is 0 Å². The molecule has 4 rings (SSSR count). The Balaban J connectivity index is 1.63. The molecule has 1 amide bonds. The lowest BCUT2D eigenvalue weighted by molar-refractivity contribution is 0.0202. The number of nitrogens with zero attached hydrogens (tertiary/aromatic N) is 3. The number of carbonyl (C=O) groups is 1. The van der Waals surface area contributed by atoms with Crippen LogP contribution in [0, 0.1) is 11.7 Å². The number of rotatable bonds is 4. The van der Waals surface area contributed by atoms with Crippen LogP contribution in [0.2, 0.25) is 0 Å². The van der Waals surface area contributed by atoms with Crippen molar-refractivity contribution in [3.05, 3.63) is 52.6 Å². The van der Waals surface area contributed by atoms with Crippen LogP contribution in [0.3, 0.4) is 0 Å². The zero-order valence-electron chi connectivity index (χ0n) is 18.7. The monoisotopic (exact) mass is 427 g/mol. The van der Waals surface area contributed by atoms with Crippen LogP contribution in [0.5, 0.6) is 0 Å². The molecule has 1 aromatic heterocycles. The first-order valence-corrected chi connectivity index (χ1v) is 10.9. The van der Waals surface area contributed by atoms with Crippen LogP contribution in [-0.4, -0.2) is 46.1 Å². The van der Waals surface area contributed by atoms with E-state index in [0.29, 0.717) is 26.3 Å². The molecular weight excluding hydrogens is 397 g/mol. The summed E-state index contributed by atoms with van der Waals surface area (Å²) in [5, 5.41) is 4.81. The Hall–Kier alpha value is -2.67. The molecule has 166 valence electrons. The first-order chi connectivity index (χ1) is 14.7. The van der Waals surface area contributed by atoms with E-state index < -0.39 is 5.60 Å². The topological polar surface area (TPSA) is 56.6 Å². The zero-order chi connectivity index (χ0) is 22.2. The van der Waals surface area contributed by atoms with E-state index in [9.17, 15) is 9.18 Å². The lowest BCUT2D eigenvalue weighted by Crippen LogP contribution is -2.44. The molecule has 0 saturated carbocycles. The minimum atomic E-state index is -0.506. The minimum absolute atomic E-state index is 0.236. The smallest absolute Gasteiger partial charge is 0.410 e. The average Bonchev–Trinajstić information content (AvgIpc) is 3.07. The van der Waals surface area contributed by atoms with E-state index in [2.05, 4.69) is 6.08 Å². The van der Waals surface area contributed by atoms with E-state index in [0.717, 1.165) is 35.5 Å². The predicted octanol–water partition coefficient (Wildman–Crippen LogP) is 4.74. The highest BCUT2D eigenvalue weighted by Crippen LogP contribution is 2.37. The molecule has 1 aromatic carbocycles. The van der Waals surface area contributed by atoms with Crippen LogP contribution in [-0.2, 0) is 22.5 Å². The molecule has 6 nitrogen and oxygen atoms in total. The van der Waals surface area contributed by atoms with Gasteiger partial charge in [0.2, 0.25) is 0 Å².